The summed E-state index contributed by atoms with van der Waals surface area (Å²) in [5.41, 5.74) is 16.0. The molecule has 0 aliphatic carbocycles. The lowest BCUT2D eigenvalue weighted by Crippen LogP contribution is -2.03. The van der Waals surface area contributed by atoms with E-state index in [9.17, 15) is 0 Å². The van der Waals surface area contributed by atoms with Crippen molar-refractivity contribution in [3.63, 3.8) is 0 Å². The molecule has 0 aliphatic heterocycles. The molecule has 4 aromatic heterocycles. The average Bonchev–Trinajstić information content (AvgIpc) is 4.01. The molecule has 7 heteroatoms. The van der Waals surface area contributed by atoms with Crippen molar-refractivity contribution in [2.24, 2.45) is 0 Å². The van der Waals surface area contributed by atoms with Gasteiger partial charge in [0.15, 0.2) is 23.3 Å². The zero-order chi connectivity index (χ0) is 49.0. The molecule has 0 saturated carbocycles. The Hall–Kier alpha value is -10.1. The van der Waals surface area contributed by atoms with Gasteiger partial charge in [-0.2, -0.15) is 0 Å². The van der Waals surface area contributed by atoms with Crippen molar-refractivity contribution >= 4 is 43.6 Å². The third-order valence-electron chi connectivity index (χ3n) is 14.0. The smallest absolute Gasteiger partial charge is 0.164 e. The van der Waals surface area contributed by atoms with Crippen LogP contribution in [0.2, 0.25) is 0 Å². The van der Waals surface area contributed by atoms with Crippen LogP contribution in [-0.4, -0.2) is 34.1 Å². The minimum absolute atomic E-state index is 0.601. The lowest BCUT2D eigenvalue weighted by atomic mass is 9.98. The highest BCUT2D eigenvalue weighted by molar-refractivity contribution is 6.12. The Labute approximate surface area is 427 Å². The molecular weight excluding hydrogens is 903 g/mol. The summed E-state index contributed by atoms with van der Waals surface area (Å²) in [5.74, 6) is 2.47. The van der Waals surface area contributed by atoms with E-state index in [4.69, 9.17) is 24.9 Å². The summed E-state index contributed by atoms with van der Waals surface area (Å²) in [4.78, 5) is 25.9. The second-order valence-corrected chi connectivity index (χ2v) is 18.4. The van der Waals surface area contributed by atoms with E-state index in [1.165, 1.54) is 10.8 Å². The molecule has 0 saturated heterocycles. The topological polar surface area (TPSA) is 74.3 Å². The molecule has 0 N–H and O–H groups in total. The second-order valence-electron chi connectivity index (χ2n) is 18.4. The minimum Gasteiger partial charge on any atom is -0.309 e. The number of aromatic nitrogens is 7. The van der Waals surface area contributed by atoms with Gasteiger partial charge in [-0.3, -0.25) is 0 Å². The van der Waals surface area contributed by atoms with E-state index in [2.05, 4.69) is 197 Å². The summed E-state index contributed by atoms with van der Waals surface area (Å²) in [5, 5.41) is 4.59. The van der Waals surface area contributed by atoms with E-state index in [0.717, 1.165) is 100 Å². The number of nitrogens with zero attached hydrogens (tertiary/aromatic N) is 7. The number of fused-ring (bicyclic) bond motifs is 6. The highest BCUT2D eigenvalue weighted by atomic mass is 15.0. The quantitative estimate of drug-likeness (QED) is 0.144. The monoisotopic (exact) mass is 945 g/mol. The van der Waals surface area contributed by atoms with Crippen LogP contribution in [0.4, 0.5) is 0 Å². The molecule has 14 aromatic rings. The third kappa shape index (κ3) is 7.42. The fourth-order valence-corrected chi connectivity index (χ4v) is 10.6. The first-order valence-corrected chi connectivity index (χ1v) is 24.8. The van der Waals surface area contributed by atoms with E-state index < -0.39 is 0 Å². The molecule has 0 atom stereocenters. The molecule has 0 amide bonds. The van der Waals surface area contributed by atoms with Crippen molar-refractivity contribution in [3.05, 3.63) is 261 Å². The van der Waals surface area contributed by atoms with Crippen LogP contribution < -0.4 is 0 Å². The summed E-state index contributed by atoms with van der Waals surface area (Å²) >= 11 is 0. The van der Waals surface area contributed by atoms with Gasteiger partial charge in [0.2, 0.25) is 0 Å². The third-order valence-corrected chi connectivity index (χ3v) is 14.0. The normalized spacial score (nSPS) is 11.5. The molecule has 0 radical (unpaired) electrons. The van der Waals surface area contributed by atoms with Gasteiger partial charge in [-0.1, -0.05) is 206 Å². The lowest BCUT2D eigenvalue weighted by Gasteiger charge is -2.19. The maximum atomic E-state index is 5.33. The van der Waals surface area contributed by atoms with E-state index in [0.29, 0.717) is 23.3 Å². The van der Waals surface area contributed by atoms with Gasteiger partial charge in [0.25, 0.3) is 0 Å². The summed E-state index contributed by atoms with van der Waals surface area (Å²) in [7, 11) is 0. The van der Waals surface area contributed by atoms with Crippen LogP contribution in [0.3, 0.4) is 0 Å². The average molecular weight is 946 g/mol. The van der Waals surface area contributed by atoms with E-state index in [1.54, 1.807) is 0 Å². The Bertz CT molecular complexity index is 4240. The molecule has 0 aliphatic rings. The van der Waals surface area contributed by atoms with Crippen molar-refractivity contribution in [1.82, 2.24) is 34.1 Å². The van der Waals surface area contributed by atoms with Crippen LogP contribution in [0, 0.1) is 0 Å². The van der Waals surface area contributed by atoms with Crippen molar-refractivity contribution < 1.29 is 0 Å². The first kappa shape index (κ1) is 42.7. The molecule has 10 aromatic carbocycles. The van der Waals surface area contributed by atoms with Gasteiger partial charge in [0, 0.05) is 66.1 Å². The summed E-state index contributed by atoms with van der Waals surface area (Å²) in [6.45, 7) is 0. The Morgan fingerprint density at radius 1 is 0.216 bits per heavy atom. The predicted molar refractivity (Wildman–Crippen MR) is 302 cm³/mol. The number of hydrogen-bond acceptors (Lipinski definition) is 5. The number of benzene rings is 10. The van der Waals surface area contributed by atoms with Gasteiger partial charge >= 0.3 is 0 Å². The second kappa shape index (κ2) is 17.9. The van der Waals surface area contributed by atoms with Crippen molar-refractivity contribution in [2.45, 2.75) is 0 Å². The molecule has 0 spiro atoms. The van der Waals surface area contributed by atoms with Crippen LogP contribution in [0.25, 0.3) is 134 Å². The Morgan fingerprint density at radius 3 is 1.12 bits per heavy atom. The Balaban J connectivity index is 1.03. The van der Waals surface area contributed by atoms with Crippen molar-refractivity contribution in [2.75, 3.05) is 0 Å². The largest absolute Gasteiger partial charge is 0.309 e. The fourth-order valence-electron chi connectivity index (χ4n) is 10.6. The molecule has 4 heterocycles. The van der Waals surface area contributed by atoms with Gasteiger partial charge in [-0.25, -0.2) is 24.9 Å². The number of para-hydroxylation sites is 4. The molecule has 0 unspecified atom stereocenters. The SMILES string of the molecule is c1ccc(-c2cc(-c3ccccc3)nc(-c3ccc(-c4ccccc4-n4c5ccccc5c5ccccc54)c(-n4c5ccccc5c5cc(-c6nc(-c7ccccc7)nc(-c7ccccc7)n6)ccc54)c3)n2)cc1. The molecule has 0 bridgehead atoms. The van der Waals surface area contributed by atoms with E-state index in [1.807, 2.05) is 72.8 Å². The summed E-state index contributed by atoms with van der Waals surface area (Å²) in [6.07, 6.45) is 0. The molecule has 0 fully saturated rings. The van der Waals surface area contributed by atoms with Crippen LogP contribution in [0.1, 0.15) is 0 Å². The van der Waals surface area contributed by atoms with Crippen LogP contribution in [0.15, 0.2) is 261 Å². The van der Waals surface area contributed by atoms with E-state index in [-0.39, 0.29) is 0 Å². The predicted octanol–water partition coefficient (Wildman–Crippen LogP) is 16.5. The number of hydrogen-bond donors (Lipinski definition) is 0. The zero-order valence-corrected chi connectivity index (χ0v) is 40.0. The highest BCUT2D eigenvalue weighted by Crippen LogP contribution is 2.43. The Kier molecular flexibility index (Phi) is 10.4. The van der Waals surface area contributed by atoms with E-state index >= 15 is 0 Å². The van der Waals surface area contributed by atoms with Gasteiger partial charge in [0.05, 0.1) is 44.8 Å². The standard InChI is InChI=1S/C67H43N7/c1-5-21-44(22-6-1)56-43-57(45-23-7-2-8-24-45)69-66(68-56)49-37-39-54(52-31-15-19-35-60(52)73-58-33-17-13-29-50(58)51-30-14-18-34-59(51)73)63(42-49)74-61-36-20-16-32-53(61)55-41-48(38-40-62(55)74)67-71-64(46-25-9-3-10-26-46)70-65(72-67)47-27-11-4-12-28-47/h1-43H. The first-order chi connectivity index (χ1) is 36.7. The van der Waals surface area contributed by atoms with Gasteiger partial charge in [-0.05, 0) is 54.6 Å². The fraction of sp³-hybridized carbons (Fsp3) is 0. The molecular formula is C67H43N7. The van der Waals surface area contributed by atoms with Gasteiger partial charge < -0.3 is 9.13 Å². The van der Waals surface area contributed by atoms with Gasteiger partial charge in [-0.15, -0.1) is 0 Å². The molecule has 14 rings (SSSR count). The summed E-state index contributed by atoms with van der Waals surface area (Å²) < 4.78 is 4.82. The van der Waals surface area contributed by atoms with Crippen molar-refractivity contribution in [3.8, 4) is 90.6 Å². The minimum atomic E-state index is 0.601. The maximum absolute atomic E-state index is 5.33. The van der Waals surface area contributed by atoms with Crippen LogP contribution in [0.5, 0.6) is 0 Å². The lowest BCUT2D eigenvalue weighted by molar-refractivity contribution is 1.07. The Morgan fingerprint density at radius 2 is 0.581 bits per heavy atom. The molecule has 346 valence electrons. The highest BCUT2D eigenvalue weighted by Gasteiger charge is 2.23. The van der Waals surface area contributed by atoms with Crippen LogP contribution >= 0.6 is 0 Å². The van der Waals surface area contributed by atoms with Gasteiger partial charge in [0.1, 0.15) is 0 Å². The maximum Gasteiger partial charge on any atom is 0.164 e. The van der Waals surface area contributed by atoms with Crippen LogP contribution in [-0.2, 0) is 0 Å². The zero-order valence-electron chi connectivity index (χ0n) is 40.0. The first-order valence-electron chi connectivity index (χ1n) is 24.8. The number of rotatable bonds is 9. The molecule has 7 nitrogen and oxygen atoms in total. The summed E-state index contributed by atoms with van der Waals surface area (Å²) in [6, 6.07) is 91.2. The molecule has 74 heavy (non-hydrogen) atoms. The van der Waals surface area contributed by atoms with Crippen molar-refractivity contribution in [1.29, 1.82) is 0 Å².